The standard InChI is InChI=1S/C18H32O6/c1-5-8-10-16(19)22-12-15(24-18(21)14(4)7-3)13-23-17(20)11-9-6-2/h14-15H,5-13H2,1-4H3. The minimum Gasteiger partial charge on any atom is -0.462 e. The lowest BCUT2D eigenvalue weighted by atomic mass is 10.1. The first-order chi connectivity index (χ1) is 11.4. The number of rotatable bonds is 13. The molecule has 0 rings (SSSR count). The molecule has 0 aromatic carbocycles. The summed E-state index contributed by atoms with van der Waals surface area (Å²) in [6, 6.07) is 0. The first-order valence-electron chi connectivity index (χ1n) is 8.96. The highest BCUT2D eigenvalue weighted by molar-refractivity contribution is 5.72. The molecule has 0 saturated carbocycles. The molecule has 24 heavy (non-hydrogen) atoms. The maximum atomic E-state index is 11.9. The first-order valence-corrected chi connectivity index (χ1v) is 8.96. The van der Waals surface area contributed by atoms with Crippen LogP contribution in [0.5, 0.6) is 0 Å². The number of esters is 3. The van der Waals surface area contributed by atoms with Gasteiger partial charge >= 0.3 is 17.9 Å². The molecule has 140 valence electrons. The van der Waals surface area contributed by atoms with Gasteiger partial charge in [-0.05, 0) is 19.3 Å². The summed E-state index contributed by atoms with van der Waals surface area (Å²) in [6.07, 6.45) is 3.86. The van der Waals surface area contributed by atoms with Gasteiger partial charge in [-0.25, -0.2) is 0 Å². The molecular weight excluding hydrogens is 312 g/mol. The van der Waals surface area contributed by atoms with Crippen molar-refractivity contribution in [2.75, 3.05) is 13.2 Å². The van der Waals surface area contributed by atoms with E-state index in [-0.39, 0.29) is 37.0 Å². The Balaban J connectivity index is 4.45. The SMILES string of the molecule is CCCCC(=O)OCC(COC(=O)CCCC)OC(=O)C(C)CC. The van der Waals surface area contributed by atoms with E-state index >= 15 is 0 Å². The molecule has 1 atom stereocenters. The number of carbonyl (C=O) groups is 3. The third-order valence-corrected chi connectivity index (χ3v) is 3.63. The van der Waals surface area contributed by atoms with Crippen molar-refractivity contribution in [3.8, 4) is 0 Å². The molecule has 0 amide bonds. The smallest absolute Gasteiger partial charge is 0.309 e. The summed E-state index contributed by atoms with van der Waals surface area (Å²) in [5.41, 5.74) is 0. The monoisotopic (exact) mass is 344 g/mol. The van der Waals surface area contributed by atoms with Gasteiger partial charge in [0.1, 0.15) is 13.2 Å². The molecule has 0 aliphatic heterocycles. The Bertz CT molecular complexity index is 356. The summed E-state index contributed by atoms with van der Waals surface area (Å²) < 4.78 is 15.6. The van der Waals surface area contributed by atoms with Crippen molar-refractivity contribution in [1.82, 2.24) is 0 Å². The van der Waals surface area contributed by atoms with Gasteiger partial charge < -0.3 is 14.2 Å². The van der Waals surface area contributed by atoms with Crippen LogP contribution in [0.25, 0.3) is 0 Å². The first kappa shape index (κ1) is 22.4. The molecule has 0 aliphatic rings. The summed E-state index contributed by atoms with van der Waals surface area (Å²) in [7, 11) is 0. The minimum atomic E-state index is -0.761. The van der Waals surface area contributed by atoms with Gasteiger partial charge in [-0.3, -0.25) is 14.4 Å². The van der Waals surface area contributed by atoms with Gasteiger partial charge in [0.2, 0.25) is 0 Å². The molecule has 1 unspecified atom stereocenters. The molecule has 0 aromatic rings. The van der Waals surface area contributed by atoms with Crippen LogP contribution in [0, 0.1) is 5.92 Å². The van der Waals surface area contributed by atoms with Crippen LogP contribution in [-0.2, 0) is 28.6 Å². The van der Waals surface area contributed by atoms with Crippen molar-refractivity contribution >= 4 is 17.9 Å². The van der Waals surface area contributed by atoms with E-state index in [0.717, 1.165) is 25.7 Å². The van der Waals surface area contributed by atoms with E-state index in [9.17, 15) is 14.4 Å². The second-order valence-electron chi connectivity index (χ2n) is 5.94. The fraction of sp³-hybridized carbons (Fsp3) is 0.833. The van der Waals surface area contributed by atoms with Crippen LogP contribution in [0.15, 0.2) is 0 Å². The van der Waals surface area contributed by atoms with Gasteiger partial charge in [-0.15, -0.1) is 0 Å². The van der Waals surface area contributed by atoms with E-state index in [1.807, 2.05) is 20.8 Å². The summed E-state index contributed by atoms with van der Waals surface area (Å²) in [5.74, 6) is -1.30. The Morgan fingerprint density at radius 1 is 0.833 bits per heavy atom. The Morgan fingerprint density at radius 3 is 1.67 bits per heavy atom. The zero-order valence-corrected chi connectivity index (χ0v) is 15.5. The quantitative estimate of drug-likeness (QED) is 0.376. The van der Waals surface area contributed by atoms with Crippen LogP contribution in [0.4, 0.5) is 0 Å². The molecule has 0 radical (unpaired) electrons. The van der Waals surface area contributed by atoms with Crippen LogP contribution in [0.2, 0.25) is 0 Å². The fourth-order valence-electron chi connectivity index (χ4n) is 1.72. The van der Waals surface area contributed by atoms with E-state index in [2.05, 4.69) is 0 Å². The number of unbranched alkanes of at least 4 members (excludes halogenated alkanes) is 2. The maximum absolute atomic E-state index is 11.9. The van der Waals surface area contributed by atoms with Gasteiger partial charge in [0.05, 0.1) is 5.92 Å². The van der Waals surface area contributed by atoms with Crippen molar-refractivity contribution in [3.05, 3.63) is 0 Å². The molecule has 0 saturated heterocycles. The molecule has 6 heteroatoms. The summed E-state index contributed by atoms with van der Waals surface area (Å²) in [5, 5.41) is 0. The second kappa shape index (κ2) is 13.8. The molecular formula is C18H32O6. The lowest BCUT2D eigenvalue weighted by molar-refractivity contribution is -0.169. The molecule has 0 bridgehead atoms. The normalized spacial score (nSPS) is 11.9. The fourth-order valence-corrected chi connectivity index (χ4v) is 1.72. The zero-order valence-electron chi connectivity index (χ0n) is 15.5. The predicted molar refractivity (Wildman–Crippen MR) is 90.3 cm³/mol. The number of carbonyl (C=O) groups excluding carboxylic acids is 3. The third kappa shape index (κ3) is 11.0. The summed E-state index contributed by atoms with van der Waals surface area (Å²) in [4.78, 5) is 35.1. The highest BCUT2D eigenvalue weighted by atomic mass is 16.6. The van der Waals surface area contributed by atoms with Gasteiger partial charge in [-0.2, -0.15) is 0 Å². The van der Waals surface area contributed by atoms with Crippen molar-refractivity contribution in [1.29, 1.82) is 0 Å². The third-order valence-electron chi connectivity index (χ3n) is 3.63. The van der Waals surface area contributed by atoms with Crippen LogP contribution in [0.3, 0.4) is 0 Å². The van der Waals surface area contributed by atoms with E-state index < -0.39 is 6.10 Å². The average Bonchev–Trinajstić information content (AvgIpc) is 2.59. The Morgan fingerprint density at radius 2 is 1.29 bits per heavy atom. The van der Waals surface area contributed by atoms with Crippen LogP contribution >= 0.6 is 0 Å². The molecule has 0 N–H and O–H groups in total. The predicted octanol–water partition coefficient (Wildman–Crippen LogP) is 3.41. The average molecular weight is 344 g/mol. The number of ether oxygens (including phenoxy) is 3. The summed E-state index contributed by atoms with van der Waals surface area (Å²) in [6.45, 7) is 7.44. The molecule has 0 aromatic heterocycles. The van der Waals surface area contributed by atoms with Gasteiger partial charge in [-0.1, -0.05) is 40.5 Å². The second-order valence-corrected chi connectivity index (χ2v) is 5.94. The van der Waals surface area contributed by atoms with Gasteiger partial charge in [0.15, 0.2) is 6.10 Å². The van der Waals surface area contributed by atoms with Crippen LogP contribution in [-0.4, -0.2) is 37.2 Å². The van der Waals surface area contributed by atoms with Crippen molar-refractivity contribution < 1.29 is 28.6 Å². The van der Waals surface area contributed by atoms with E-state index in [0.29, 0.717) is 19.3 Å². The molecule has 0 heterocycles. The molecule has 0 spiro atoms. The summed E-state index contributed by atoms with van der Waals surface area (Å²) >= 11 is 0. The Kier molecular flexibility index (Phi) is 12.9. The Labute approximate surface area is 145 Å². The molecule has 0 aliphatic carbocycles. The number of hydrogen-bond acceptors (Lipinski definition) is 6. The lowest BCUT2D eigenvalue weighted by Crippen LogP contribution is -2.32. The van der Waals surface area contributed by atoms with Gasteiger partial charge in [0.25, 0.3) is 0 Å². The highest BCUT2D eigenvalue weighted by Crippen LogP contribution is 2.08. The lowest BCUT2D eigenvalue weighted by Gasteiger charge is -2.20. The number of hydrogen-bond donors (Lipinski definition) is 0. The Hall–Kier alpha value is -1.59. The molecule has 6 nitrogen and oxygen atoms in total. The van der Waals surface area contributed by atoms with Crippen molar-refractivity contribution in [2.45, 2.75) is 78.7 Å². The zero-order chi connectivity index (χ0) is 18.4. The minimum absolute atomic E-state index is 0.0915. The van der Waals surface area contributed by atoms with Gasteiger partial charge in [0, 0.05) is 12.8 Å². The van der Waals surface area contributed by atoms with E-state index in [4.69, 9.17) is 14.2 Å². The maximum Gasteiger partial charge on any atom is 0.309 e. The van der Waals surface area contributed by atoms with E-state index in [1.54, 1.807) is 6.92 Å². The topological polar surface area (TPSA) is 78.9 Å². The highest BCUT2D eigenvalue weighted by Gasteiger charge is 2.22. The van der Waals surface area contributed by atoms with Crippen LogP contribution in [0.1, 0.15) is 72.6 Å². The van der Waals surface area contributed by atoms with E-state index in [1.165, 1.54) is 0 Å². The van der Waals surface area contributed by atoms with Crippen molar-refractivity contribution in [2.24, 2.45) is 5.92 Å². The van der Waals surface area contributed by atoms with Crippen LogP contribution < -0.4 is 0 Å². The molecule has 0 fully saturated rings. The van der Waals surface area contributed by atoms with Crippen molar-refractivity contribution in [3.63, 3.8) is 0 Å². The largest absolute Gasteiger partial charge is 0.462 e.